The zero-order chi connectivity index (χ0) is 20.8. The van der Waals surface area contributed by atoms with Crippen molar-refractivity contribution < 1.29 is 19.1 Å². The molecule has 1 heterocycles. The van der Waals surface area contributed by atoms with Crippen molar-refractivity contribution in [2.24, 2.45) is 0 Å². The van der Waals surface area contributed by atoms with Crippen LogP contribution >= 0.6 is 0 Å². The Balaban J connectivity index is 1.77. The van der Waals surface area contributed by atoms with Crippen LogP contribution in [0.1, 0.15) is 26.3 Å². The van der Waals surface area contributed by atoms with Crippen molar-refractivity contribution in [3.8, 4) is 11.5 Å². The summed E-state index contributed by atoms with van der Waals surface area (Å²) in [7, 11) is 3.09. The Morgan fingerprint density at radius 1 is 0.862 bits per heavy atom. The first-order chi connectivity index (χ1) is 14.0. The van der Waals surface area contributed by atoms with Crippen molar-refractivity contribution in [2.75, 3.05) is 24.9 Å². The van der Waals surface area contributed by atoms with E-state index in [9.17, 15) is 9.59 Å². The van der Waals surface area contributed by atoms with E-state index in [-0.39, 0.29) is 11.8 Å². The molecule has 0 radical (unpaired) electrons. The van der Waals surface area contributed by atoms with E-state index in [0.29, 0.717) is 34.0 Å². The SMILES string of the molecule is COc1cc(C)c(NC(=O)c2cccc(NC(=O)c3cccnc3)c2)cc1OC. The van der Waals surface area contributed by atoms with Gasteiger partial charge in [-0.25, -0.2) is 0 Å². The number of ether oxygens (including phenoxy) is 2. The molecule has 0 saturated heterocycles. The number of benzene rings is 2. The van der Waals surface area contributed by atoms with Crippen LogP contribution in [0.5, 0.6) is 11.5 Å². The van der Waals surface area contributed by atoms with Crippen molar-refractivity contribution in [3.63, 3.8) is 0 Å². The molecule has 2 aromatic carbocycles. The number of pyridine rings is 1. The molecule has 1 aromatic heterocycles. The predicted molar refractivity (Wildman–Crippen MR) is 111 cm³/mol. The van der Waals surface area contributed by atoms with Crippen LogP contribution in [0.3, 0.4) is 0 Å². The Morgan fingerprint density at radius 3 is 2.24 bits per heavy atom. The van der Waals surface area contributed by atoms with E-state index in [0.717, 1.165) is 5.56 Å². The third-order valence-electron chi connectivity index (χ3n) is 4.29. The Kier molecular flexibility index (Phi) is 6.09. The molecule has 0 unspecified atom stereocenters. The third kappa shape index (κ3) is 4.70. The minimum absolute atomic E-state index is 0.300. The average Bonchev–Trinajstić information content (AvgIpc) is 2.75. The van der Waals surface area contributed by atoms with Crippen LogP contribution in [0.2, 0.25) is 0 Å². The second kappa shape index (κ2) is 8.88. The molecule has 7 heteroatoms. The summed E-state index contributed by atoms with van der Waals surface area (Å²) in [5, 5.41) is 5.63. The maximum Gasteiger partial charge on any atom is 0.257 e. The first-order valence-electron chi connectivity index (χ1n) is 8.87. The number of carbonyl (C=O) groups is 2. The van der Waals surface area contributed by atoms with Crippen LogP contribution in [0.4, 0.5) is 11.4 Å². The Hall–Kier alpha value is -3.87. The summed E-state index contributed by atoms with van der Waals surface area (Å²) >= 11 is 0. The number of nitrogens with zero attached hydrogens (tertiary/aromatic N) is 1. The molecule has 0 aliphatic rings. The molecule has 3 rings (SSSR count). The second-order valence-electron chi connectivity index (χ2n) is 6.25. The van der Waals surface area contributed by atoms with Gasteiger partial charge in [0.05, 0.1) is 19.8 Å². The molecule has 2 N–H and O–H groups in total. The normalized spacial score (nSPS) is 10.2. The maximum absolute atomic E-state index is 12.7. The molecule has 7 nitrogen and oxygen atoms in total. The summed E-state index contributed by atoms with van der Waals surface area (Å²) in [5.74, 6) is 0.498. The van der Waals surface area contributed by atoms with E-state index >= 15 is 0 Å². The molecule has 0 aliphatic carbocycles. The molecule has 0 spiro atoms. The van der Waals surface area contributed by atoms with Gasteiger partial charge in [-0.3, -0.25) is 14.6 Å². The lowest BCUT2D eigenvalue weighted by atomic mass is 10.1. The van der Waals surface area contributed by atoms with Crippen LogP contribution in [-0.4, -0.2) is 31.0 Å². The topological polar surface area (TPSA) is 89.6 Å². The van der Waals surface area contributed by atoms with Gasteiger partial charge in [0.25, 0.3) is 11.8 Å². The summed E-state index contributed by atoms with van der Waals surface area (Å²) in [4.78, 5) is 28.9. The fourth-order valence-electron chi connectivity index (χ4n) is 2.75. The summed E-state index contributed by atoms with van der Waals surface area (Å²) in [5.41, 5.74) is 2.79. The highest BCUT2D eigenvalue weighted by atomic mass is 16.5. The van der Waals surface area contributed by atoms with Gasteiger partial charge in [0.2, 0.25) is 0 Å². The van der Waals surface area contributed by atoms with Crippen molar-refractivity contribution in [1.29, 1.82) is 0 Å². The molecule has 0 fully saturated rings. The minimum atomic E-state index is -0.308. The monoisotopic (exact) mass is 391 g/mol. The van der Waals surface area contributed by atoms with Gasteiger partial charge >= 0.3 is 0 Å². The summed E-state index contributed by atoms with van der Waals surface area (Å²) in [6.07, 6.45) is 3.07. The Labute approximate surface area is 168 Å². The van der Waals surface area contributed by atoms with E-state index in [4.69, 9.17) is 9.47 Å². The lowest BCUT2D eigenvalue weighted by Gasteiger charge is -2.14. The lowest BCUT2D eigenvalue weighted by molar-refractivity contribution is 0.101. The van der Waals surface area contributed by atoms with Crippen LogP contribution in [0, 0.1) is 6.92 Å². The molecule has 0 bridgehead atoms. The maximum atomic E-state index is 12.7. The van der Waals surface area contributed by atoms with E-state index in [1.807, 2.05) is 6.92 Å². The van der Waals surface area contributed by atoms with Gasteiger partial charge in [0.15, 0.2) is 11.5 Å². The zero-order valence-electron chi connectivity index (χ0n) is 16.4. The number of hydrogen-bond donors (Lipinski definition) is 2. The molecule has 0 aliphatic heterocycles. The highest BCUT2D eigenvalue weighted by Gasteiger charge is 2.13. The fraction of sp³-hybridized carbons (Fsp3) is 0.136. The molecule has 29 heavy (non-hydrogen) atoms. The summed E-state index contributed by atoms with van der Waals surface area (Å²) in [6, 6.07) is 13.6. The van der Waals surface area contributed by atoms with Crippen molar-refractivity contribution in [1.82, 2.24) is 4.98 Å². The van der Waals surface area contributed by atoms with Crippen molar-refractivity contribution >= 4 is 23.2 Å². The molecule has 3 aromatic rings. The van der Waals surface area contributed by atoms with Crippen molar-refractivity contribution in [2.45, 2.75) is 6.92 Å². The van der Waals surface area contributed by atoms with Crippen LogP contribution in [-0.2, 0) is 0 Å². The number of methoxy groups -OCH3 is 2. The fourth-order valence-corrected chi connectivity index (χ4v) is 2.75. The number of nitrogens with one attached hydrogen (secondary N) is 2. The highest BCUT2D eigenvalue weighted by molar-refractivity contribution is 6.07. The first kappa shape index (κ1) is 19.9. The van der Waals surface area contributed by atoms with Gasteiger partial charge in [-0.1, -0.05) is 6.07 Å². The van der Waals surface area contributed by atoms with Gasteiger partial charge in [-0.2, -0.15) is 0 Å². The van der Waals surface area contributed by atoms with Crippen molar-refractivity contribution in [3.05, 3.63) is 77.6 Å². The average molecular weight is 391 g/mol. The second-order valence-corrected chi connectivity index (χ2v) is 6.25. The van der Waals surface area contributed by atoms with Crippen LogP contribution in [0.25, 0.3) is 0 Å². The Morgan fingerprint density at radius 2 is 1.55 bits per heavy atom. The standard InChI is InChI=1S/C22H21N3O4/c1-14-10-19(28-2)20(29-3)12-18(14)25-21(26)15-6-4-8-17(11-15)24-22(27)16-7-5-9-23-13-16/h4-13H,1-3H3,(H,24,27)(H,25,26). The van der Waals surface area contributed by atoms with Crippen LogP contribution < -0.4 is 20.1 Å². The summed E-state index contributed by atoms with van der Waals surface area (Å²) < 4.78 is 10.6. The smallest absolute Gasteiger partial charge is 0.257 e. The molecule has 2 amide bonds. The largest absolute Gasteiger partial charge is 0.493 e. The molecule has 0 atom stereocenters. The van der Waals surface area contributed by atoms with Gasteiger partial charge in [0.1, 0.15) is 0 Å². The number of hydrogen-bond acceptors (Lipinski definition) is 5. The number of aryl methyl sites for hydroxylation is 1. The Bertz CT molecular complexity index is 1040. The number of aromatic nitrogens is 1. The van der Waals surface area contributed by atoms with E-state index in [1.165, 1.54) is 13.3 Å². The molecular weight excluding hydrogens is 370 g/mol. The minimum Gasteiger partial charge on any atom is -0.493 e. The number of anilines is 2. The molecule has 0 saturated carbocycles. The number of rotatable bonds is 6. The predicted octanol–water partition coefficient (Wildman–Crippen LogP) is 3.91. The molecular formula is C22H21N3O4. The lowest BCUT2D eigenvalue weighted by Crippen LogP contribution is -2.15. The van der Waals surface area contributed by atoms with E-state index < -0.39 is 0 Å². The van der Waals surface area contributed by atoms with E-state index in [1.54, 1.807) is 61.8 Å². The van der Waals surface area contributed by atoms with Gasteiger partial charge < -0.3 is 20.1 Å². The van der Waals surface area contributed by atoms with Gasteiger partial charge in [-0.05, 0) is 48.9 Å². The summed E-state index contributed by atoms with van der Waals surface area (Å²) in [6.45, 7) is 1.86. The first-order valence-corrected chi connectivity index (χ1v) is 8.87. The van der Waals surface area contributed by atoms with Crippen LogP contribution in [0.15, 0.2) is 60.9 Å². The third-order valence-corrected chi connectivity index (χ3v) is 4.29. The highest BCUT2D eigenvalue weighted by Crippen LogP contribution is 2.33. The number of carbonyl (C=O) groups excluding carboxylic acids is 2. The number of amides is 2. The van der Waals surface area contributed by atoms with E-state index in [2.05, 4.69) is 15.6 Å². The van der Waals surface area contributed by atoms with Gasteiger partial charge in [-0.15, -0.1) is 0 Å². The molecule has 148 valence electrons. The van der Waals surface area contributed by atoms with Gasteiger partial charge in [0, 0.05) is 35.4 Å². The zero-order valence-corrected chi connectivity index (χ0v) is 16.4. The quantitative estimate of drug-likeness (QED) is 0.665.